The third-order valence-corrected chi connectivity index (χ3v) is 5.20. The van der Waals surface area contributed by atoms with Crippen LogP contribution < -0.4 is 10.2 Å². The molecule has 1 aliphatic heterocycles. The summed E-state index contributed by atoms with van der Waals surface area (Å²) in [5.41, 5.74) is 4.03. The normalized spacial score (nSPS) is 14.0. The molecule has 3 heterocycles. The number of rotatable bonds is 4. The van der Waals surface area contributed by atoms with Crippen LogP contribution in [0, 0.1) is 6.92 Å². The second kappa shape index (κ2) is 6.96. The molecule has 0 bridgehead atoms. The van der Waals surface area contributed by atoms with Gasteiger partial charge in [-0.1, -0.05) is 36.4 Å². The summed E-state index contributed by atoms with van der Waals surface area (Å²) >= 11 is 0. The summed E-state index contributed by atoms with van der Waals surface area (Å²) in [7, 11) is 0. The van der Waals surface area contributed by atoms with Gasteiger partial charge < -0.3 is 10.2 Å². The molecule has 0 amide bonds. The van der Waals surface area contributed by atoms with Crippen LogP contribution in [0.1, 0.15) is 18.4 Å². The molecule has 2 aromatic carbocycles. The average Bonchev–Trinajstić information content (AvgIpc) is 3.40. The summed E-state index contributed by atoms with van der Waals surface area (Å²) in [5, 5.41) is 9.04. The lowest BCUT2D eigenvalue weighted by molar-refractivity contribution is 0.873. The molecule has 0 atom stereocenters. The largest absolute Gasteiger partial charge is 0.341 e. The summed E-state index contributed by atoms with van der Waals surface area (Å²) in [6, 6.07) is 18.3. The molecule has 0 unspecified atom stereocenters. The molecule has 4 aromatic rings. The van der Waals surface area contributed by atoms with E-state index in [9.17, 15) is 0 Å². The van der Waals surface area contributed by atoms with E-state index in [0.29, 0.717) is 0 Å². The predicted octanol–water partition coefficient (Wildman–Crippen LogP) is 4.47. The van der Waals surface area contributed by atoms with E-state index in [1.165, 1.54) is 18.4 Å². The number of benzene rings is 2. The highest BCUT2D eigenvalue weighted by Gasteiger charge is 2.20. The van der Waals surface area contributed by atoms with Crippen molar-refractivity contribution in [3.05, 3.63) is 66.4 Å². The van der Waals surface area contributed by atoms with Gasteiger partial charge in [-0.2, -0.15) is 15.1 Å². The number of aromatic nitrogens is 4. The number of nitrogens with zero attached hydrogens (tertiary/aromatic N) is 5. The first-order chi connectivity index (χ1) is 13.8. The molecule has 0 spiro atoms. The third-order valence-electron chi connectivity index (χ3n) is 5.20. The van der Waals surface area contributed by atoms with E-state index in [2.05, 4.69) is 34.4 Å². The number of hydrogen-bond acceptors (Lipinski definition) is 5. The topological polar surface area (TPSA) is 58.9 Å². The maximum Gasteiger partial charge on any atom is 0.229 e. The fourth-order valence-corrected chi connectivity index (χ4v) is 3.65. The number of anilines is 3. The minimum Gasteiger partial charge on any atom is -0.341 e. The number of para-hydroxylation sites is 2. The Labute approximate surface area is 163 Å². The van der Waals surface area contributed by atoms with Gasteiger partial charge in [0.15, 0.2) is 5.65 Å². The van der Waals surface area contributed by atoms with Gasteiger partial charge in [-0.25, -0.2) is 4.68 Å². The molecule has 2 aromatic heterocycles. The van der Waals surface area contributed by atoms with E-state index in [-0.39, 0.29) is 0 Å². The molecule has 1 saturated heterocycles. The lowest BCUT2D eigenvalue weighted by Crippen LogP contribution is -2.21. The average molecular weight is 370 g/mol. The molecule has 0 saturated carbocycles. The summed E-state index contributed by atoms with van der Waals surface area (Å²) in [4.78, 5) is 12.0. The smallest absolute Gasteiger partial charge is 0.229 e. The predicted molar refractivity (Wildman–Crippen MR) is 113 cm³/mol. The Morgan fingerprint density at radius 2 is 1.64 bits per heavy atom. The summed E-state index contributed by atoms with van der Waals surface area (Å²) in [6.45, 7) is 4.08. The van der Waals surface area contributed by atoms with Gasteiger partial charge in [-0.05, 0) is 43.5 Å². The quantitative estimate of drug-likeness (QED) is 0.574. The first-order valence-electron chi connectivity index (χ1n) is 9.68. The van der Waals surface area contributed by atoms with Crippen molar-refractivity contribution in [2.24, 2.45) is 0 Å². The number of fused-ring (bicyclic) bond motifs is 1. The van der Waals surface area contributed by atoms with Crippen molar-refractivity contribution in [3.63, 3.8) is 0 Å². The fourth-order valence-electron chi connectivity index (χ4n) is 3.65. The van der Waals surface area contributed by atoms with Crippen molar-refractivity contribution in [2.45, 2.75) is 19.8 Å². The Hall–Kier alpha value is -3.41. The second-order valence-corrected chi connectivity index (χ2v) is 7.14. The van der Waals surface area contributed by atoms with Crippen LogP contribution in [0.4, 0.5) is 17.5 Å². The summed E-state index contributed by atoms with van der Waals surface area (Å²) < 4.78 is 1.89. The summed E-state index contributed by atoms with van der Waals surface area (Å²) in [5.74, 6) is 1.56. The molecular formula is C22H22N6. The van der Waals surface area contributed by atoms with Crippen LogP contribution in [0.5, 0.6) is 0 Å². The minimum atomic E-state index is 0.763. The van der Waals surface area contributed by atoms with Crippen LogP contribution in [-0.2, 0) is 0 Å². The van der Waals surface area contributed by atoms with Gasteiger partial charge in [0.2, 0.25) is 5.95 Å². The first kappa shape index (κ1) is 16.7. The Bertz CT molecular complexity index is 1110. The van der Waals surface area contributed by atoms with E-state index < -0.39 is 0 Å². The highest BCUT2D eigenvalue weighted by Crippen LogP contribution is 2.29. The first-order valence-corrected chi connectivity index (χ1v) is 9.68. The van der Waals surface area contributed by atoms with Crippen LogP contribution in [0.2, 0.25) is 0 Å². The molecule has 1 fully saturated rings. The lowest BCUT2D eigenvalue weighted by Gasteiger charge is -2.17. The molecule has 0 aliphatic carbocycles. The van der Waals surface area contributed by atoms with Gasteiger partial charge >= 0.3 is 0 Å². The van der Waals surface area contributed by atoms with E-state index in [1.807, 2.05) is 53.3 Å². The van der Waals surface area contributed by atoms with Crippen molar-refractivity contribution in [2.75, 3.05) is 23.3 Å². The summed E-state index contributed by atoms with van der Waals surface area (Å²) in [6.07, 6.45) is 4.20. The Morgan fingerprint density at radius 3 is 2.43 bits per heavy atom. The van der Waals surface area contributed by atoms with E-state index in [4.69, 9.17) is 9.97 Å². The zero-order valence-corrected chi connectivity index (χ0v) is 15.8. The van der Waals surface area contributed by atoms with Gasteiger partial charge in [0.05, 0.1) is 17.3 Å². The molecule has 0 radical (unpaired) electrons. The van der Waals surface area contributed by atoms with Gasteiger partial charge in [0.25, 0.3) is 0 Å². The number of hydrogen-bond donors (Lipinski definition) is 1. The zero-order chi connectivity index (χ0) is 18.9. The van der Waals surface area contributed by atoms with E-state index in [0.717, 1.165) is 47.3 Å². The van der Waals surface area contributed by atoms with Crippen molar-refractivity contribution in [3.8, 4) is 5.69 Å². The molecule has 5 rings (SSSR count). The van der Waals surface area contributed by atoms with Gasteiger partial charge in [0.1, 0.15) is 5.82 Å². The van der Waals surface area contributed by atoms with Crippen LogP contribution in [0.3, 0.4) is 0 Å². The maximum atomic E-state index is 4.89. The Balaban J connectivity index is 1.67. The molecular weight excluding hydrogens is 348 g/mol. The molecule has 1 N–H and O–H groups in total. The fraction of sp³-hybridized carbons (Fsp3) is 0.227. The van der Waals surface area contributed by atoms with E-state index in [1.54, 1.807) is 0 Å². The Kier molecular flexibility index (Phi) is 4.16. The van der Waals surface area contributed by atoms with Crippen molar-refractivity contribution < 1.29 is 0 Å². The standard InChI is InChI=1S/C22H22N6/c1-16-9-5-6-12-19(16)24-20-18-15-23-28(17-10-3-2-4-11-17)21(18)26-22(25-20)27-13-7-8-14-27/h2-6,9-12,15H,7-8,13-14H2,1H3,(H,24,25,26). The van der Waals surface area contributed by atoms with E-state index >= 15 is 0 Å². The molecule has 28 heavy (non-hydrogen) atoms. The molecule has 1 aliphatic rings. The maximum absolute atomic E-state index is 4.89. The van der Waals surface area contributed by atoms with Crippen molar-refractivity contribution in [1.29, 1.82) is 0 Å². The highest BCUT2D eigenvalue weighted by molar-refractivity contribution is 5.90. The zero-order valence-electron chi connectivity index (χ0n) is 15.8. The molecule has 6 nitrogen and oxygen atoms in total. The van der Waals surface area contributed by atoms with Crippen LogP contribution in [0.25, 0.3) is 16.7 Å². The highest BCUT2D eigenvalue weighted by atomic mass is 15.3. The van der Waals surface area contributed by atoms with Crippen LogP contribution >= 0.6 is 0 Å². The van der Waals surface area contributed by atoms with Gasteiger partial charge in [0, 0.05) is 18.8 Å². The third kappa shape index (κ3) is 2.97. The number of nitrogens with one attached hydrogen (secondary N) is 1. The monoisotopic (exact) mass is 370 g/mol. The minimum absolute atomic E-state index is 0.763. The van der Waals surface area contributed by atoms with Crippen molar-refractivity contribution in [1.82, 2.24) is 19.7 Å². The van der Waals surface area contributed by atoms with Crippen molar-refractivity contribution >= 4 is 28.5 Å². The van der Waals surface area contributed by atoms with Gasteiger partial charge in [-0.15, -0.1) is 0 Å². The lowest BCUT2D eigenvalue weighted by atomic mass is 10.2. The molecule has 140 valence electrons. The van der Waals surface area contributed by atoms with Crippen LogP contribution in [0.15, 0.2) is 60.8 Å². The number of aryl methyl sites for hydroxylation is 1. The van der Waals surface area contributed by atoms with Gasteiger partial charge in [-0.3, -0.25) is 0 Å². The SMILES string of the molecule is Cc1ccccc1Nc1nc(N2CCCC2)nc2c1cnn2-c1ccccc1. The second-order valence-electron chi connectivity index (χ2n) is 7.14. The molecule has 6 heteroatoms. The van der Waals surface area contributed by atoms with Crippen LogP contribution in [-0.4, -0.2) is 32.8 Å². The Morgan fingerprint density at radius 1 is 0.893 bits per heavy atom.